The molecule has 0 bridgehead atoms. The molecule has 0 saturated carbocycles. The first-order chi connectivity index (χ1) is 18.8. The Morgan fingerprint density at radius 1 is 0.974 bits per heavy atom. The molecule has 4 aromatic rings. The Morgan fingerprint density at radius 3 is 2.41 bits per heavy atom. The van der Waals surface area contributed by atoms with Gasteiger partial charge in [0.05, 0.1) is 4.90 Å². The number of hydrogen-bond donors (Lipinski definition) is 3. The van der Waals surface area contributed by atoms with Gasteiger partial charge in [0, 0.05) is 62.7 Å². The highest BCUT2D eigenvalue weighted by molar-refractivity contribution is 7.89. The van der Waals surface area contributed by atoms with Crippen molar-refractivity contribution in [3.8, 4) is 0 Å². The van der Waals surface area contributed by atoms with Crippen LogP contribution in [-0.2, 0) is 16.6 Å². The van der Waals surface area contributed by atoms with E-state index in [-0.39, 0.29) is 10.9 Å². The fourth-order valence-corrected chi connectivity index (χ4v) is 6.23. The third-order valence-electron chi connectivity index (χ3n) is 7.36. The van der Waals surface area contributed by atoms with Crippen LogP contribution in [0, 0.1) is 13.8 Å². The zero-order valence-corrected chi connectivity index (χ0v) is 23.4. The molecule has 3 heterocycles. The number of sulfonamides is 1. The minimum atomic E-state index is -3.60. The van der Waals surface area contributed by atoms with Crippen LogP contribution in [0.25, 0.3) is 0 Å². The Kier molecular flexibility index (Phi) is 7.97. The van der Waals surface area contributed by atoms with Gasteiger partial charge >= 0.3 is 0 Å². The largest absolute Gasteiger partial charge is 0.367 e. The molecule has 0 radical (unpaired) electrons. The highest BCUT2D eigenvalue weighted by Crippen LogP contribution is 2.25. The van der Waals surface area contributed by atoms with Gasteiger partial charge in [-0.25, -0.2) is 13.4 Å². The Balaban J connectivity index is 1.19. The normalized spacial score (nSPS) is 15.0. The fourth-order valence-electron chi connectivity index (χ4n) is 4.81. The number of H-pyrrole nitrogens is 1. The number of nitrogens with one attached hydrogen (secondary N) is 3. The summed E-state index contributed by atoms with van der Waals surface area (Å²) in [5, 5.41) is 6.47. The average molecular weight is 546 g/mol. The smallest absolute Gasteiger partial charge is 0.243 e. The van der Waals surface area contributed by atoms with Crippen LogP contribution in [0.3, 0.4) is 0 Å². The van der Waals surface area contributed by atoms with E-state index < -0.39 is 10.0 Å². The Morgan fingerprint density at radius 2 is 1.72 bits per heavy atom. The van der Waals surface area contributed by atoms with Crippen LogP contribution in [0.5, 0.6) is 0 Å². The van der Waals surface area contributed by atoms with Gasteiger partial charge in [-0.1, -0.05) is 6.07 Å². The summed E-state index contributed by atoms with van der Waals surface area (Å²) in [7, 11) is -1.91. The minimum Gasteiger partial charge on any atom is -0.367 e. The molecule has 0 unspecified atom stereocenters. The monoisotopic (exact) mass is 545 g/mol. The molecule has 39 heavy (non-hydrogen) atoms. The molecule has 2 aromatic carbocycles. The van der Waals surface area contributed by atoms with Crippen LogP contribution in [-0.4, -0.2) is 58.8 Å². The number of aromatic amines is 1. The zero-order valence-electron chi connectivity index (χ0n) is 22.6. The Hall–Kier alpha value is -3.73. The van der Waals surface area contributed by atoms with E-state index in [1.54, 1.807) is 43.6 Å². The van der Waals surface area contributed by atoms with Crippen LogP contribution in [0.15, 0.2) is 78.1 Å². The number of nitrogens with zero attached hydrogens (tertiary/aromatic N) is 4. The van der Waals surface area contributed by atoms with E-state index in [4.69, 9.17) is 0 Å². The lowest BCUT2D eigenvalue weighted by Gasteiger charge is -2.36. The average Bonchev–Trinajstić information content (AvgIpc) is 3.44. The molecule has 9 nitrogen and oxygen atoms in total. The van der Waals surface area contributed by atoms with E-state index in [2.05, 4.69) is 62.5 Å². The van der Waals surface area contributed by atoms with E-state index in [1.165, 1.54) is 21.0 Å². The second-order valence-electron chi connectivity index (χ2n) is 10.1. The fraction of sp³-hybridized carbons (Fsp3) is 0.310. The highest BCUT2D eigenvalue weighted by atomic mass is 32.2. The summed E-state index contributed by atoms with van der Waals surface area (Å²) in [6.07, 6.45) is 7.23. The van der Waals surface area contributed by atoms with E-state index in [1.807, 2.05) is 18.5 Å². The third kappa shape index (κ3) is 6.47. The third-order valence-corrected chi connectivity index (χ3v) is 9.29. The lowest BCUT2D eigenvalue weighted by atomic mass is 10.1. The molecule has 5 rings (SSSR count). The first-order valence-corrected chi connectivity index (χ1v) is 14.6. The van der Waals surface area contributed by atoms with Crippen LogP contribution >= 0.6 is 0 Å². The number of aromatic nitrogens is 3. The molecule has 0 aliphatic carbocycles. The van der Waals surface area contributed by atoms with Gasteiger partial charge in [-0.2, -0.15) is 9.29 Å². The van der Waals surface area contributed by atoms with E-state index in [9.17, 15) is 8.42 Å². The van der Waals surface area contributed by atoms with Gasteiger partial charge in [-0.05, 0) is 91.9 Å². The summed E-state index contributed by atoms with van der Waals surface area (Å²) >= 11 is 0. The predicted molar refractivity (Wildman–Crippen MR) is 155 cm³/mol. The number of aryl methyl sites for hydroxylation is 2. The van der Waals surface area contributed by atoms with Crippen molar-refractivity contribution in [2.75, 3.05) is 30.8 Å². The summed E-state index contributed by atoms with van der Waals surface area (Å²) < 4.78 is 28.2. The van der Waals surface area contributed by atoms with Gasteiger partial charge in [0.1, 0.15) is 5.82 Å². The molecule has 1 fully saturated rings. The van der Waals surface area contributed by atoms with Gasteiger partial charge in [-0.3, -0.25) is 4.90 Å². The lowest BCUT2D eigenvalue weighted by Crippen LogP contribution is -2.45. The number of likely N-dealkylation sites (tertiary alicyclic amines) is 1. The van der Waals surface area contributed by atoms with E-state index >= 15 is 0 Å². The molecular weight excluding hydrogens is 510 g/mol. The molecule has 0 amide bonds. The second-order valence-corrected chi connectivity index (χ2v) is 12.1. The summed E-state index contributed by atoms with van der Waals surface area (Å²) in [5.41, 5.74) is 5.34. The zero-order chi connectivity index (χ0) is 27.4. The van der Waals surface area contributed by atoms with Crippen LogP contribution < -0.4 is 10.6 Å². The Bertz CT molecular complexity index is 1500. The molecule has 204 valence electrons. The minimum absolute atomic E-state index is 0.0174. The van der Waals surface area contributed by atoms with E-state index in [0.717, 1.165) is 38.2 Å². The van der Waals surface area contributed by atoms with Gasteiger partial charge in [0.2, 0.25) is 16.0 Å². The molecule has 3 N–H and O–H groups in total. The van der Waals surface area contributed by atoms with Crippen molar-refractivity contribution in [3.05, 3.63) is 89.9 Å². The molecule has 0 atom stereocenters. The number of piperidine rings is 1. The molecule has 1 aliphatic rings. The van der Waals surface area contributed by atoms with Crippen LogP contribution in [0.1, 0.15) is 29.5 Å². The molecule has 10 heteroatoms. The summed E-state index contributed by atoms with van der Waals surface area (Å²) in [6, 6.07) is 16.8. The first-order valence-electron chi connectivity index (χ1n) is 13.1. The highest BCUT2D eigenvalue weighted by Gasteiger charge is 2.30. The lowest BCUT2D eigenvalue weighted by molar-refractivity contribution is 0.164. The summed E-state index contributed by atoms with van der Waals surface area (Å²) in [4.78, 5) is 14.6. The van der Waals surface area contributed by atoms with Crippen LogP contribution in [0.2, 0.25) is 0 Å². The second kappa shape index (κ2) is 11.6. The van der Waals surface area contributed by atoms with Gasteiger partial charge in [0.15, 0.2) is 0 Å². The Labute approximate surface area is 230 Å². The first kappa shape index (κ1) is 26.9. The maximum Gasteiger partial charge on any atom is 0.243 e. The quantitative estimate of drug-likeness (QED) is 0.266. The van der Waals surface area contributed by atoms with Crippen molar-refractivity contribution in [1.82, 2.24) is 24.2 Å². The van der Waals surface area contributed by atoms with Crippen molar-refractivity contribution in [2.24, 2.45) is 0 Å². The molecular formula is C29H35N7O2S. The molecule has 1 aliphatic heterocycles. The van der Waals surface area contributed by atoms with Gasteiger partial charge in [0.25, 0.3) is 0 Å². The van der Waals surface area contributed by atoms with Crippen molar-refractivity contribution < 1.29 is 8.42 Å². The predicted octanol–water partition coefficient (Wildman–Crippen LogP) is 5.19. The topological polar surface area (TPSA) is 106 Å². The van der Waals surface area contributed by atoms with Crippen molar-refractivity contribution in [1.29, 1.82) is 0 Å². The number of anilines is 4. The number of hydrogen-bond acceptors (Lipinski definition) is 7. The van der Waals surface area contributed by atoms with Crippen molar-refractivity contribution >= 4 is 33.2 Å². The van der Waals surface area contributed by atoms with Crippen LogP contribution in [0.4, 0.5) is 23.1 Å². The molecule has 1 saturated heterocycles. The summed E-state index contributed by atoms with van der Waals surface area (Å²) in [5.74, 6) is 1.08. The number of benzene rings is 2. The van der Waals surface area contributed by atoms with Gasteiger partial charge < -0.3 is 15.6 Å². The maximum atomic E-state index is 13.4. The molecule has 2 aromatic heterocycles. The number of rotatable bonds is 9. The van der Waals surface area contributed by atoms with Crippen molar-refractivity contribution in [3.63, 3.8) is 0 Å². The van der Waals surface area contributed by atoms with Crippen molar-refractivity contribution in [2.45, 2.75) is 44.2 Å². The standard InChI is InChI=1S/C29H35N7O2S/c1-21-4-5-25(18-22(21)2)32-28-11-15-31-29(34-28)33-24-6-8-27(9-7-24)39(37,38)35(3)26-12-16-36(17-13-26)20-23-10-14-30-19-23/h4-11,14-15,18-19,26,30H,12-13,16-17,20H2,1-3H3,(H2,31,32,33,34). The SMILES string of the molecule is Cc1ccc(Nc2ccnc(Nc3ccc(S(=O)(=O)N(C)C4CCN(Cc5cc[nH]c5)CC4)cc3)n2)cc1C. The molecule has 0 spiro atoms. The van der Waals surface area contributed by atoms with Gasteiger partial charge in [-0.15, -0.1) is 0 Å². The van der Waals surface area contributed by atoms with E-state index in [0.29, 0.717) is 17.5 Å². The maximum absolute atomic E-state index is 13.4. The summed E-state index contributed by atoms with van der Waals surface area (Å²) in [6.45, 7) is 6.78.